The van der Waals surface area contributed by atoms with Crippen molar-refractivity contribution in [2.24, 2.45) is 5.92 Å². The number of aryl methyl sites for hydroxylation is 1. The highest BCUT2D eigenvalue weighted by Crippen LogP contribution is 2.12. The Bertz CT molecular complexity index is 336. The van der Waals surface area contributed by atoms with E-state index in [1.165, 1.54) is 6.33 Å². The maximum atomic E-state index is 11.6. The van der Waals surface area contributed by atoms with Crippen molar-refractivity contribution < 1.29 is 9.90 Å². The summed E-state index contributed by atoms with van der Waals surface area (Å²) in [7, 11) is 0. The molecule has 1 aromatic rings. The lowest BCUT2D eigenvalue weighted by Gasteiger charge is -2.20. The molecule has 1 rings (SSSR count). The van der Waals surface area contributed by atoms with Crippen molar-refractivity contribution in [3.63, 3.8) is 0 Å². The Morgan fingerprint density at radius 1 is 1.44 bits per heavy atom. The van der Waals surface area contributed by atoms with Crippen molar-refractivity contribution in [2.75, 3.05) is 6.54 Å². The molecule has 2 N–H and O–H groups in total. The number of carbonyl (C=O) groups is 1. The van der Waals surface area contributed by atoms with Gasteiger partial charge in [-0.1, -0.05) is 26.7 Å². The van der Waals surface area contributed by atoms with Crippen molar-refractivity contribution >= 4 is 5.91 Å². The SMILES string of the molecule is CCC(CC)C(O)CNC(=O)CCn1cncn1. The second kappa shape index (κ2) is 7.81. The highest BCUT2D eigenvalue weighted by atomic mass is 16.3. The third-order valence-corrected chi connectivity index (χ3v) is 3.14. The molecule has 0 aliphatic heterocycles. The second-order valence-electron chi connectivity index (χ2n) is 4.36. The zero-order chi connectivity index (χ0) is 13.4. The molecule has 1 aromatic heterocycles. The predicted octanol–water partition coefficient (Wildman–Crippen LogP) is 0.581. The molecule has 1 atom stereocenters. The standard InChI is InChI=1S/C12H22N4O2/c1-3-10(4-2)11(17)7-14-12(18)5-6-16-9-13-8-15-16/h8-11,17H,3-7H2,1-2H3,(H,14,18). The monoisotopic (exact) mass is 254 g/mol. The summed E-state index contributed by atoms with van der Waals surface area (Å²) in [6.07, 6.45) is 4.74. The van der Waals surface area contributed by atoms with E-state index in [1.807, 2.05) is 13.8 Å². The maximum Gasteiger partial charge on any atom is 0.221 e. The molecule has 0 fully saturated rings. The van der Waals surface area contributed by atoms with E-state index in [1.54, 1.807) is 11.0 Å². The van der Waals surface area contributed by atoms with Crippen LogP contribution in [0.4, 0.5) is 0 Å². The zero-order valence-electron chi connectivity index (χ0n) is 11.0. The van der Waals surface area contributed by atoms with Gasteiger partial charge >= 0.3 is 0 Å². The first kappa shape index (κ1) is 14.6. The topological polar surface area (TPSA) is 80.0 Å². The summed E-state index contributed by atoms with van der Waals surface area (Å²) >= 11 is 0. The van der Waals surface area contributed by atoms with Crippen molar-refractivity contribution in [2.45, 2.75) is 45.8 Å². The molecule has 6 heteroatoms. The van der Waals surface area contributed by atoms with Gasteiger partial charge in [-0.3, -0.25) is 9.48 Å². The van der Waals surface area contributed by atoms with Crippen LogP contribution in [0.2, 0.25) is 0 Å². The summed E-state index contributed by atoms with van der Waals surface area (Å²) in [6, 6.07) is 0. The van der Waals surface area contributed by atoms with Gasteiger partial charge in [-0.15, -0.1) is 0 Å². The lowest BCUT2D eigenvalue weighted by atomic mass is 9.96. The average Bonchev–Trinajstić information content (AvgIpc) is 2.88. The van der Waals surface area contributed by atoms with E-state index in [0.717, 1.165) is 12.8 Å². The number of aliphatic hydroxyl groups is 1. The van der Waals surface area contributed by atoms with Gasteiger partial charge in [0.25, 0.3) is 0 Å². The fraction of sp³-hybridized carbons (Fsp3) is 0.750. The number of hydrogen-bond acceptors (Lipinski definition) is 4. The second-order valence-corrected chi connectivity index (χ2v) is 4.36. The quantitative estimate of drug-likeness (QED) is 0.711. The van der Waals surface area contributed by atoms with E-state index >= 15 is 0 Å². The van der Waals surface area contributed by atoms with Crippen molar-refractivity contribution in [1.82, 2.24) is 20.1 Å². The number of aliphatic hydroxyl groups excluding tert-OH is 1. The fourth-order valence-corrected chi connectivity index (χ4v) is 1.87. The van der Waals surface area contributed by atoms with E-state index in [2.05, 4.69) is 15.4 Å². The molecule has 0 spiro atoms. The van der Waals surface area contributed by atoms with Crippen LogP contribution in [-0.4, -0.2) is 38.4 Å². The molecule has 18 heavy (non-hydrogen) atoms. The van der Waals surface area contributed by atoms with Crippen LogP contribution < -0.4 is 5.32 Å². The van der Waals surface area contributed by atoms with Crippen LogP contribution in [0.15, 0.2) is 12.7 Å². The molecule has 102 valence electrons. The number of carbonyl (C=O) groups excluding carboxylic acids is 1. The minimum absolute atomic E-state index is 0.0736. The average molecular weight is 254 g/mol. The summed E-state index contributed by atoms with van der Waals surface area (Å²) in [5.41, 5.74) is 0. The molecular weight excluding hydrogens is 232 g/mol. The Kier molecular flexibility index (Phi) is 6.35. The minimum atomic E-state index is -0.463. The van der Waals surface area contributed by atoms with Crippen LogP contribution in [0, 0.1) is 5.92 Å². The third kappa shape index (κ3) is 4.83. The Hall–Kier alpha value is -1.43. The number of aromatic nitrogens is 3. The van der Waals surface area contributed by atoms with E-state index in [-0.39, 0.29) is 11.8 Å². The Morgan fingerprint density at radius 3 is 2.72 bits per heavy atom. The zero-order valence-corrected chi connectivity index (χ0v) is 11.0. The number of nitrogens with zero attached hydrogens (tertiary/aromatic N) is 3. The molecule has 6 nitrogen and oxygen atoms in total. The lowest BCUT2D eigenvalue weighted by molar-refractivity contribution is -0.122. The summed E-state index contributed by atoms with van der Waals surface area (Å²) in [5.74, 6) is 0.177. The van der Waals surface area contributed by atoms with Gasteiger partial charge in [-0.2, -0.15) is 5.10 Å². The van der Waals surface area contributed by atoms with Crippen LogP contribution >= 0.6 is 0 Å². The smallest absolute Gasteiger partial charge is 0.221 e. The van der Waals surface area contributed by atoms with Crippen LogP contribution in [0.5, 0.6) is 0 Å². The molecule has 0 bridgehead atoms. The minimum Gasteiger partial charge on any atom is -0.391 e. The highest BCUT2D eigenvalue weighted by molar-refractivity contribution is 5.75. The molecule has 1 unspecified atom stereocenters. The van der Waals surface area contributed by atoms with Crippen molar-refractivity contribution in [3.8, 4) is 0 Å². The molecule has 1 heterocycles. The first-order valence-corrected chi connectivity index (χ1v) is 6.44. The number of amides is 1. The Morgan fingerprint density at radius 2 is 2.17 bits per heavy atom. The largest absolute Gasteiger partial charge is 0.391 e. The number of rotatable bonds is 8. The van der Waals surface area contributed by atoms with Gasteiger partial charge in [0.1, 0.15) is 12.7 Å². The van der Waals surface area contributed by atoms with Crippen molar-refractivity contribution in [3.05, 3.63) is 12.7 Å². The van der Waals surface area contributed by atoms with Gasteiger partial charge in [0.2, 0.25) is 5.91 Å². The molecule has 0 aliphatic carbocycles. The van der Waals surface area contributed by atoms with Gasteiger partial charge in [-0.25, -0.2) is 4.98 Å². The summed E-state index contributed by atoms with van der Waals surface area (Å²) < 4.78 is 1.61. The number of hydrogen-bond donors (Lipinski definition) is 2. The summed E-state index contributed by atoms with van der Waals surface area (Å²) in [6.45, 7) is 4.92. The Labute approximate surface area is 107 Å². The number of nitrogens with one attached hydrogen (secondary N) is 1. The molecule has 0 radical (unpaired) electrons. The molecule has 0 aromatic carbocycles. The molecule has 1 amide bonds. The summed E-state index contributed by atoms with van der Waals surface area (Å²) in [4.78, 5) is 15.4. The van der Waals surface area contributed by atoms with Gasteiger partial charge in [0.05, 0.1) is 12.6 Å². The maximum absolute atomic E-state index is 11.6. The van der Waals surface area contributed by atoms with E-state index in [9.17, 15) is 9.90 Å². The first-order chi connectivity index (χ1) is 8.67. The van der Waals surface area contributed by atoms with Crippen molar-refractivity contribution in [1.29, 1.82) is 0 Å². The normalized spacial score (nSPS) is 12.7. The molecular formula is C12H22N4O2. The van der Waals surface area contributed by atoms with Crippen LogP contribution in [0.3, 0.4) is 0 Å². The molecule has 0 aliphatic rings. The summed E-state index contributed by atoms with van der Waals surface area (Å²) in [5, 5.41) is 16.5. The van der Waals surface area contributed by atoms with Gasteiger partial charge in [-0.05, 0) is 5.92 Å². The van der Waals surface area contributed by atoms with Gasteiger partial charge in [0.15, 0.2) is 0 Å². The first-order valence-electron chi connectivity index (χ1n) is 6.44. The van der Waals surface area contributed by atoms with E-state index in [0.29, 0.717) is 19.5 Å². The Balaban J connectivity index is 2.20. The molecule has 0 saturated heterocycles. The fourth-order valence-electron chi connectivity index (χ4n) is 1.87. The van der Waals surface area contributed by atoms with Gasteiger partial charge in [0, 0.05) is 13.0 Å². The van der Waals surface area contributed by atoms with Crippen LogP contribution in [0.25, 0.3) is 0 Å². The molecule has 0 saturated carbocycles. The van der Waals surface area contributed by atoms with Crippen LogP contribution in [-0.2, 0) is 11.3 Å². The van der Waals surface area contributed by atoms with Crippen LogP contribution in [0.1, 0.15) is 33.1 Å². The highest BCUT2D eigenvalue weighted by Gasteiger charge is 2.15. The predicted molar refractivity (Wildman–Crippen MR) is 67.7 cm³/mol. The third-order valence-electron chi connectivity index (χ3n) is 3.14. The van der Waals surface area contributed by atoms with Gasteiger partial charge < -0.3 is 10.4 Å². The lowest BCUT2D eigenvalue weighted by Crippen LogP contribution is -2.36. The van der Waals surface area contributed by atoms with E-state index in [4.69, 9.17) is 0 Å². The van der Waals surface area contributed by atoms with E-state index < -0.39 is 6.10 Å².